The highest BCUT2D eigenvalue weighted by atomic mass is 14.9. The van der Waals surface area contributed by atoms with Gasteiger partial charge in [0.15, 0.2) is 6.20 Å². The minimum Gasteiger partial charge on any atom is -0.212 e. The first-order valence-corrected chi connectivity index (χ1v) is 3.01. The molecule has 0 N–H and O–H groups in total. The molecule has 0 unspecified atom stereocenters. The van der Waals surface area contributed by atoms with Gasteiger partial charge in [-0.2, -0.15) is 0 Å². The molecule has 0 bridgehead atoms. The van der Waals surface area contributed by atoms with Crippen LogP contribution in [0.2, 0.25) is 0 Å². The first-order chi connectivity index (χ1) is 3.81. The van der Waals surface area contributed by atoms with Gasteiger partial charge in [-0.15, -0.1) is 0 Å². The van der Waals surface area contributed by atoms with Crippen LogP contribution in [0.1, 0.15) is 20.3 Å². The van der Waals surface area contributed by atoms with Crippen LogP contribution < -0.4 is 0 Å². The maximum atomic E-state index is 3.76. The van der Waals surface area contributed by atoms with Gasteiger partial charge >= 0.3 is 0 Å². The van der Waals surface area contributed by atoms with Gasteiger partial charge in [0.05, 0.1) is 0 Å². The molecule has 0 rings (SSSR count). The third-order valence-electron chi connectivity index (χ3n) is 0.871. The SMILES string of the molecule is C=[N+](C=CC)CCC. The van der Waals surface area contributed by atoms with Gasteiger partial charge in [-0.1, -0.05) is 6.92 Å². The lowest BCUT2D eigenvalue weighted by molar-refractivity contribution is -0.447. The fourth-order valence-corrected chi connectivity index (χ4v) is 0.573. The van der Waals surface area contributed by atoms with E-state index < -0.39 is 0 Å². The summed E-state index contributed by atoms with van der Waals surface area (Å²) in [5.41, 5.74) is 0. The highest BCUT2D eigenvalue weighted by Crippen LogP contribution is 1.78. The molecule has 0 aliphatic carbocycles. The number of allylic oxidation sites excluding steroid dienone is 1. The van der Waals surface area contributed by atoms with E-state index in [1.165, 1.54) is 0 Å². The summed E-state index contributed by atoms with van der Waals surface area (Å²) in [7, 11) is 0. The van der Waals surface area contributed by atoms with Crippen molar-refractivity contribution in [1.82, 2.24) is 0 Å². The summed E-state index contributed by atoms with van der Waals surface area (Å²) in [6.07, 6.45) is 5.12. The summed E-state index contributed by atoms with van der Waals surface area (Å²) >= 11 is 0. The molecule has 1 heteroatoms. The number of nitrogens with zero attached hydrogens (tertiary/aromatic N) is 1. The van der Waals surface area contributed by atoms with Gasteiger partial charge < -0.3 is 0 Å². The van der Waals surface area contributed by atoms with Gasteiger partial charge in [0, 0.05) is 6.42 Å². The molecule has 0 spiro atoms. The Kier molecular flexibility index (Phi) is 4.23. The van der Waals surface area contributed by atoms with E-state index in [2.05, 4.69) is 13.6 Å². The van der Waals surface area contributed by atoms with Crippen molar-refractivity contribution >= 4 is 6.72 Å². The van der Waals surface area contributed by atoms with Gasteiger partial charge in [-0.25, -0.2) is 4.58 Å². The van der Waals surface area contributed by atoms with Crippen molar-refractivity contribution in [2.45, 2.75) is 20.3 Å². The van der Waals surface area contributed by atoms with Crippen LogP contribution in [-0.4, -0.2) is 17.8 Å². The largest absolute Gasteiger partial charge is 0.212 e. The van der Waals surface area contributed by atoms with Crippen LogP contribution in [-0.2, 0) is 0 Å². The second-order valence-electron chi connectivity index (χ2n) is 1.79. The lowest BCUT2D eigenvalue weighted by atomic mass is 10.5. The molecule has 0 fully saturated rings. The zero-order valence-electron chi connectivity index (χ0n) is 5.72. The van der Waals surface area contributed by atoms with Crippen molar-refractivity contribution < 1.29 is 4.58 Å². The zero-order chi connectivity index (χ0) is 6.41. The van der Waals surface area contributed by atoms with Gasteiger partial charge in [-0.3, -0.25) is 0 Å². The van der Waals surface area contributed by atoms with E-state index in [9.17, 15) is 0 Å². The Hall–Kier alpha value is -0.590. The van der Waals surface area contributed by atoms with E-state index in [0.29, 0.717) is 0 Å². The molecular weight excluding hydrogens is 98.1 g/mol. The summed E-state index contributed by atoms with van der Waals surface area (Å²) < 4.78 is 1.93. The maximum absolute atomic E-state index is 3.76. The predicted molar refractivity (Wildman–Crippen MR) is 37.4 cm³/mol. The van der Waals surface area contributed by atoms with Crippen molar-refractivity contribution in [3.63, 3.8) is 0 Å². The summed E-state index contributed by atoms with van der Waals surface area (Å²) in [4.78, 5) is 0. The molecule has 0 aromatic rings. The third-order valence-corrected chi connectivity index (χ3v) is 0.871. The van der Waals surface area contributed by atoms with Crippen molar-refractivity contribution in [3.8, 4) is 0 Å². The van der Waals surface area contributed by atoms with E-state index in [-0.39, 0.29) is 0 Å². The molecule has 0 aromatic carbocycles. The molecular formula is C7H14N+. The molecule has 0 amide bonds. The molecule has 0 radical (unpaired) electrons. The van der Waals surface area contributed by atoms with Gasteiger partial charge in [-0.05, 0) is 13.0 Å². The average Bonchev–Trinajstić information content (AvgIpc) is 1.68. The lowest BCUT2D eigenvalue weighted by Gasteiger charge is -1.87. The van der Waals surface area contributed by atoms with Crippen LogP contribution in [0.5, 0.6) is 0 Å². The predicted octanol–water partition coefficient (Wildman–Crippen LogP) is 1.64. The smallest absolute Gasteiger partial charge is 0.163 e. The van der Waals surface area contributed by atoms with Crippen molar-refractivity contribution in [1.29, 1.82) is 0 Å². The van der Waals surface area contributed by atoms with Gasteiger partial charge in [0.2, 0.25) is 0 Å². The fourth-order valence-electron chi connectivity index (χ4n) is 0.573. The van der Waals surface area contributed by atoms with E-state index in [1.54, 1.807) is 0 Å². The van der Waals surface area contributed by atoms with Crippen LogP contribution >= 0.6 is 0 Å². The molecule has 46 valence electrons. The van der Waals surface area contributed by atoms with Crippen molar-refractivity contribution in [3.05, 3.63) is 12.3 Å². The van der Waals surface area contributed by atoms with E-state index >= 15 is 0 Å². The fraction of sp³-hybridized carbons (Fsp3) is 0.571. The van der Waals surface area contributed by atoms with E-state index in [0.717, 1.165) is 13.0 Å². The van der Waals surface area contributed by atoms with Crippen LogP contribution in [0.4, 0.5) is 0 Å². The van der Waals surface area contributed by atoms with Crippen molar-refractivity contribution in [2.24, 2.45) is 0 Å². The molecule has 8 heavy (non-hydrogen) atoms. The van der Waals surface area contributed by atoms with E-state index in [4.69, 9.17) is 0 Å². The molecule has 0 atom stereocenters. The number of hydrogen-bond acceptors (Lipinski definition) is 0. The van der Waals surface area contributed by atoms with Gasteiger partial charge in [0.25, 0.3) is 0 Å². The molecule has 0 aliphatic heterocycles. The normalized spacial score (nSPS) is 10.2. The molecule has 0 saturated carbocycles. The van der Waals surface area contributed by atoms with Crippen LogP contribution in [0.25, 0.3) is 0 Å². The number of rotatable bonds is 3. The van der Waals surface area contributed by atoms with Crippen LogP contribution in [0.3, 0.4) is 0 Å². The number of hydrogen-bond donors (Lipinski definition) is 0. The Morgan fingerprint density at radius 1 is 1.62 bits per heavy atom. The Morgan fingerprint density at radius 2 is 2.25 bits per heavy atom. The monoisotopic (exact) mass is 112 g/mol. The first-order valence-electron chi connectivity index (χ1n) is 3.01. The molecule has 0 saturated heterocycles. The highest BCUT2D eigenvalue weighted by Gasteiger charge is 1.87. The minimum absolute atomic E-state index is 1.05. The average molecular weight is 112 g/mol. The maximum Gasteiger partial charge on any atom is 0.163 e. The van der Waals surface area contributed by atoms with E-state index in [1.807, 2.05) is 23.8 Å². The highest BCUT2D eigenvalue weighted by molar-refractivity contribution is 5.15. The molecule has 0 aromatic heterocycles. The zero-order valence-corrected chi connectivity index (χ0v) is 5.72. The Labute approximate surface area is 51.3 Å². The summed E-state index contributed by atoms with van der Waals surface area (Å²) in [5.74, 6) is 0. The quantitative estimate of drug-likeness (QED) is 0.385. The Morgan fingerprint density at radius 3 is 2.62 bits per heavy atom. The Balaban J connectivity index is 3.33. The lowest BCUT2D eigenvalue weighted by Crippen LogP contribution is -2.00. The van der Waals surface area contributed by atoms with Crippen LogP contribution in [0.15, 0.2) is 12.3 Å². The van der Waals surface area contributed by atoms with Crippen molar-refractivity contribution in [2.75, 3.05) is 6.54 Å². The summed E-state index contributed by atoms with van der Waals surface area (Å²) in [6.45, 7) is 8.94. The molecule has 0 aliphatic rings. The third kappa shape index (κ3) is 3.59. The Bertz CT molecular complexity index is 92.6. The molecule has 1 nitrogen and oxygen atoms in total. The summed E-state index contributed by atoms with van der Waals surface area (Å²) in [6, 6.07) is 0. The summed E-state index contributed by atoms with van der Waals surface area (Å²) in [5, 5.41) is 0. The first kappa shape index (κ1) is 7.41. The minimum atomic E-state index is 1.05. The van der Waals surface area contributed by atoms with Crippen LogP contribution in [0, 0.1) is 0 Å². The standard InChI is InChI=1S/C7H14N/c1-4-6-8(3)7-5-2/h4,6H,3,5,7H2,1-2H3/q+1. The second kappa shape index (κ2) is 4.57. The molecule has 0 heterocycles. The second-order valence-corrected chi connectivity index (χ2v) is 1.79. The topological polar surface area (TPSA) is 3.01 Å². The van der Waals surface area contributed by atoms with Gasteiger partial charge in [0.1, 0.15) is 13.3 Å².